The van der Waals surface area contributed by atoms with Gasteiger partial charge < -0.3 is 0 Å². The van der Waals surface area contributed by atoms with Crippen molar-refractivity contribution in [1.82, 2.24) is 14.5 Å². The zero-order valence-corrected chi connectivity index (χ0v) is 9.71. The lowest BCUT2D eigenvalue weighted by atomic mass is 10.5. The normalized spacial score (nSPS) is 16.9. The molecule has 0 spiro atoms. The fourth-order valence-corrected chi connectivity index (χ4v) is 2.90. The average Bonchev–Trinajstić information content (AvgIpc) is 2.85. The molecule has 1 fully saturated rings. The third kappa shape index (κ3) is 2.21. The van der Waals surface area contributed by atoms with Gasteiger partial charge in [0.1, 0.15) is 4.90 Å². The van der Waals surface area contributed by atoms with E-state index in [1.165, 1.54) is 0 Å². The molecule has 1 aliphatic carbocycles. The molecule has 5 nitrogen and oxygen atoms in total. The van der Waals surface area contributed by atoms with Gasteiger partial charge in [-0.3, -0.25) is 4.68 Å². The van der Waals surface area contributed by atoms with Crippen LogP contribution >= 0.6 is 0 Å². The lowest BCUT2D eigenvalue weighted by molar-refractivity contribution is 0.580. The fraction of sp³-hybridized carbons (Fsp3) is 0.667. The summed E-state index contributed by atoms with van der Waals surface area (Å²) in [6.07, 6.45) is 3.47. The lowest BCUT2D eigenvalue weighted by Gasteiger charge is -2.02. The van der Waals surface area contributed by atoms with Gasteiger partial charge in [0.05, 0.1) is 5.69 Å². The molecule has 0 aromatic carbocycles. The van der Waals surface area contributed by atoms with Gasteiger partial charge in [0.25, 0.3) is 0 Å². The van der Waals surface area contributed by atoms with Crippen molar-refractivity contribution in [3.8, 4) is 0 Å². The number of nitrogens with one attached hydrogen (secondary N) is 1. The topological polar surface area (TPSA) is 64.0 Å². The monoisotopic (exact) mass is 229 g/mol. The highest BCUT2D eigenvalue weighted by Crippen LogP contribution is 2.23. The van der Waals surface area contributed by atoms with Gasteiger partial charge in [0.2, 0.25) is 10.0 Å². The first-order valence-electron chi connectivity index (χ1n) is 5.09. The number of nitrogens with zero attached hydrogens (tertiary/aromatic N) is 2. The van der Waals surface area contributed by atoms with E-state index in [4.69, 9.17) is 0 Å². The van der Waals surface area contributed by atoms with Crippen LogP contribution in [0.4, 0.5) is 0 Å². The third-order valence-electron chi connectivity index (χ3n) is 2.41. The Morgan fingerprint density at radius 3 is 2.73 bits per heavy atom. The second kappa shape index (κ2) is 3.61. The smallest absolute Gasteiger partial charge is 0.244 e. The Bertz CT molecular complexity index is 460. The number of aryl methyl sites for hydroxylation is 2. The first-order valence-corrected chi connectivity index (χ1v) is 6.57. The second-order valence-electron chi connectivity index (χ2n) is 3.83. The summed E-state index contributed by atoms with van der Waals surface area (Å²) in [7, 11) is -3.35. The van der Waals surface area contributed by atoms with Crippen LogP contribution in [0.15, 0.2) is 11.1 Å². The molecule has 1 saturated carbocycles. The second-order valence-corrected chi connectivity index (χ2v) is 5.51. The fourth-order valence-electron chi connectivity index (χ4n) is 1.41. The minimum atomic E-state index is -3.35. The van der Waals surface area contributed by atoms with Gasteiger partial charge in [-0.05, 0) is 26.7 Å². The van der Waals surface area contributed by atoms with Gasteiger partial charge in [-0.2, -0.15) is 5.10 Å². The highest BCUT2D eigenvalue weighted by atomic mass is 32.2. The van der Waals surface area contributed by atoms with Crippen molar-refractivity contribution < 1.29 is 8.42 Å². The Morgan fingerprint density at radius 1 is 1.60 bits per heavy atom. The number of hydrogen-bond acceptors (Lipinski definition) is 3. The quantitative estimate of drug-likeness (QED) is 0.824. The molecule has 0 radical (unpaired) electrons. The van der Waals surface area contributed by atoms with Crippen LogP contribution in [0.1, 0.15) is 25.5 Å². The molecule has 1 aliphatic rings. The maximum Gasteiger partial charge on any atom is 0.244 e. The van der Waals surface area contributed by atoms with Crippen molar-refractivity contribution >= 4 is 10.0 Å². The summed E-state index contributed by atoms with van der Waals surface area (Å²) < 4.78 is 28.0. The summed E-state index contributed by atoms with van der Waals surface area (Å²) in [4.78, 5) is 0.302. The van der Waals surface area contributed by atoms with Crippen molar-refractivity contribution in [1.29, 1.82) is 0 Å². The lowest BCUT2D eigenvalue weighted by Crippen LogP contribution is -2.25. The Labute approximate surface area is 89.5 Å². The average molecular weight is 229 g/mol. The standard InChI is InChI=1S/C9H15N3O2S/c1-3-12-6-9(7(2)10-12)15(13,14)11-8-4-5-8/h6,8,11H,3-5H2,1-2H3. The highest BCUT2D eigenvalue weighted by molar-refractivity contribution is 7.89. The van der Waals surface area contributed by atoms with Crippen molar-refractivity contribution in [3.63, 3.8) is 0 Å². The van der Waals surface area contributed by atoms with Gasteiger partial charge in [0.15, 0.2) is 0 Å². The van der Waals surface area contributed by atoms with Crippen LogP contribution in [0.2, 0.25) is 0 Å². The molecule has 0 aliphatic heterocycles. The molecule has 1 heterocycles. The summed E-state index contributed by atoms with van der Waals surface area (Å²) in [5.74, 6) is 0. The molecule has 84 valence electrons. The van der Waals surface area contributed by atoms with E-state index in [0.29, 0.717) is 17.1 Å². The molecule has 0 amide bonds. The van der Waals surface area contributed by atoms with E-state index in [1.807, 2.05) is 6.92 Å². The molecular formula is C9H15N3O2S. The first kappa shape index (κ1) is 10.6. The highest BCUT2D eigenvalue weighted by Gasteiger charge is 2.29. The van der Waals surface area contributed by atoms with Gasteiger partial charge in [-0.15, -0.1) is 0 Å². The molecule has 0 atom stereocenters. The van der Waals surface area contributed by atoms with E-state index in [9.17, 15) is 8.42 Å². The first-order chi connectivity index (χ1) is 7.03. The Balaban J connectivity index is 2.30. The zero-order chi connectivity index (χ0) is 11.1. The Hall–Kier alpha value is -0.880. The number of rotatable bonds is 4. The molecule has 15 heavy (non-hydrogen) atoms. The predicted octanol–water partition coefficient (Wildman–Crippen LogP) is 0.652. The summed E-state index contributed by atoms with van der Waals surface area (Å²) >= 11 is 0. The number of aromatic nitrogens is 2. The number of hydrogen-bond donors (Lipinski definition) is 1. The van der Waals surface area contributed by atoms with Gasteiger partial charge in [0, 0.05) is 18.8 Å². The summed E-state index contributed by atoms with van der Waals surface area (Å²) in [6.45, 7) is 4.32. The minimum absolute atomic E-state index is 0.138. The molecular weight excluding hydrogens is 214 g/mol. The van der Waals surface area contributed by atoms with Crippen LogP contribution in [-0.2, 0) is 16.6 Å². The SMILES string of the molecule is CCn1cc(S(=O)(=O)NC2CC2)c(C)n1. The van der Waals surface area contributed by atoms with Crippen LogP contribution in [0, 0.1) is 6.92 Å². The van der Waals surface area contributed by atoms with Crippen LogP contribution in [-0.4, -0.2) is 24.2 Å². The molecule has 6 heteroatoms. The third-order valence-corrected chi connectivity index (χ3v) is 4.04. The van der Waals surface area contributed by atoms with Crippen LogP contribution in [0.5, 0.6) is 0 Å². The van der Waals surface area contributed by atoms with E-state index < -0.39 is 10.0 Å². The maximum atomic E-state index is 11.9. The Kier molecular flexibility index (Phi) is 2.56. The van der Waals surface area contributed by atoms with Crippen molar-refractivity contribution in [3.05, 3.63) is 11.9 Å². The summed E-state index contributed by atoms with van der Waals surface area (Å²) in [6, 6.07) is 0.138. The van der Waals surface area contributed by atoms with Crippen molar-refractivity contribution in [2.75, 3.05) is 0 Å². The zero-order valence-electron chi connectivity index (χ0n) is 8.90. The molecule has 0 saturated heterocycles. The van der Waals surface area contributed by atoms with E-state index in [2.05, 4.69) is 9.82 Å². The largest absolute Gasteiger partial charge is 0.271 e. The molecule has 1 N–H and O–H groups in total. The molecule has 1 aromatic rings. The molecule has 1 aromatic heterocycles. The maximum absolute atomic E-state index is 11.9. The van der Waals surface area contributed by atoms with Crippen LogP contribution in [0.3, 0.4) is 0 Å². The van der Waals surface area contributed by atoms with Gasteiger partial charge in [-0.25, -0.2) is 13.1 Å². The van der Waals surface area contributed by atoms with E-state index in [0.717, 1.165) is 12.8 Å². The molecule has 0 bridgehead atoms. The van der Waals surface area contributed by atoms with Crippen LogP contribution < -0.4 is 4.72 Å². The predicted molar refractivity (Wildman–Crippen MR) is 56.0 cm³/mol. The van der Waals surface area contributed by atoms with Gasteiger partial charge in [-0.1, -0.05) is 0 Å². The molecule has 2 rings (SSSR count). The number of sulfonamides is 1. The van der Waals surface area contributed by atoms with Crippen LogP contribution in [0.25, 0.3) is 0 Å². The van der Waals surface area contributed by atoms with Crippen molar-refractivity contribution in [2.45, 2.75) is 44.2 Å². The summed E-state index contributed by atoms with van der Waals surface area (Å²) in [5.41, 5.74) is 0.560. The van der Waals surface area contributed by atoms with Gasteiger partial charge >= 0.3 is 0 Å². The van der Waals surface area contributed by atoms with E-state index in [-0.39, 0.29) is 6.04 Å². The van der Waals surface area contributed by atoms with E-state index >= 15 is 0 Å². The van der Waals surface area contributed by atoms with E-state index in [1.54, 1.807) is 17.8 Å². The van der Waals surface area contributed by atoms with Crippen molar-refractivity contribution in [2.24, 2.45) is 0 Å². The summed E-state index contributed by atoms with van der Waals surface area (Å²) in [5, 5.41) is 4.12. The minimum Gasteiger partial charge on any atom is -0.271 e. The Morgan fingerprint density at radius 2 is 2.27 bits per heavy atom. The molecule has 0 unspecified atom stereocenters.